The number of hydrogen-bond donors (Lipinski definition) is 1. The zero-order valence-electron chi connectivity index (χ0n) is 10.2. The Bertz CT molecular complexity index is 669. The molecule has 5 heteroatoms. The summed E-state index contributed by atoms with van der Waals surface area (Å²) < 4.78 is 38.0. The molecular formula is C14H14FNO2S. The molecule has 0 aliphatic rings. The van der Waals surface area contributed by atoms with E-state index in [4.69, 9.17) is 5.73 Å². The lowest BCUT2D eigenvalue weighted by atomic mass is 10.1. The molecule has 0 radical (unpaired) electrons. The lowest BCUT2D eigenvalue weighted by Gasteiger charge is -2.07. The van der Waals surface area contributed by atoms with Crippen LogP contribution in [0.25, 0.3) is 0 Å². The minimum Gasteiger partial charge on any atom is -0.326 e. The maximum Gasteiger partial charge on any atom is 0.182 e. The Morgan fingerprint density at radius 3 is 2.37 bits per heavy atom. The van der Waals surface area contributed by atoms with Crippen LogP contribution in [0.1, 0.15) is 11.1 Å². The molecule has 0 heterocycles. The van der Waals surface area contributed by atoms with Crippen molar-refractivity contribution in [2.75, 3.05) is 0 Å². The Morgan fingerprint density at radius 1 is 1.05 bits per heavy atom. The van der Waals surface area contributed by atoms with E-state index in [2.05, 4.69) is 0 Å². The monoisotopic (exact) mass is 279 g/mol. The Kier molecular flexibility index (Phi) is 3.97. The van der Waals surface area contributed by atoms with Gasteiger partial charge < -0.3 is 5.73 Å². The van der Waals surface area contributed by atoms with E-state index in [1.54, 1.807) is 24.3 Å². The van der Waals surface area contributed by atoms with Crippen molar-refractivity contribution in [2.45, 2.75) is 17.2 Å². The van der Waals surface area contributed by atoms with Gasteiger partial charge in [-0.05, 0) is 23.8 Å². The number of halogens is 1. The fourth-order valence-corrected chi connectivity index (χ4v) is 3.15. The standard InChI is InChI=1S/C14H14FNO2S/c15-14-7-6-11(9-16)8-12(14)10-19(17,18)13-4-2-1-3-5-13/h1-8H,9-10,16H2. The topological polar surface area (TPSA) is 60.2 Å². The van der Waals surface area contributed by atoms with Gasteiger partial charge in [0.1, 0.15) is 5.82 Å². The number of hydrogen-bond acceptors (Lipinski definition) is 3. The predicted octanol–water partition coefficient (Wildman–Crippen LogP) is 2.26. The van der Waals surface area contributed by atoms with Crippen LogP contribution in [0, 0.1) is 5.82 Å². The van der Waals surface area contributed by atoms with Crippen LogP contribution in [0.4, 0.5) is 4.39 Å². The summed E-state index contributed by atoms with van der Waals surface area (Å²) >= 11 is 0. The average molecular weight is 279 g/mol. The molecule has 0 saturated carbocycles. The second kappa shape index (κ2) is 5.50. The first kappa shape index (κ1) is 13.7. The van der Waals surface area contributed by atoms with Crippen LogP contribution < -0.4 is 5.73 Å². The van der Waals surface area contributed by atoms with Crippen LogP contribution in [-0.4, -0.2) is 8.42 Å². The van der Waals surface area contributed by atoms with Crippen LogP contribution in [0.3, 0.4) is 0 Å². The van der Waals surface area contributed by atoms with Crippen LogP contribution in [-0.2, 0) is 22.1 Å². The van der Waals surface area contributed by atoms with E-state index in [0.717, 1.165) is 0 Å². The lowest BCUT2D eigenvalue weighted by Crippen LogP contribution is -2.07. The number of benzene rings is 2. The highest BCUT2D eigenvalue weighted by Gasteiger charge is 2.17. The lowest BCUT2D eigenvalue weighted by molar-refractivity contribution is 0.586. The maximum atomic E-state index is 13.6. The van der Waals surface area contributed by atoms with Crippen molar-refractivity contribution in [3.63, 3.8) is 0 Å². The second-order valence-corrected chi connectivity index (χ2v) is 6.19. The summed E-state index contributed by atoms with van der Waals surface area (Å²) in [5, 5.41) is 0. The fourth-order valence-electron chi connectivity index (χ4n) is 1.78. The van der Waals surface area contributed by atoms with E-state index in [9.17, 15) is 12.8 Å². The zero-order valence-corrected chi connectivity index (χ0v) is 11.0. The van der Waals surface area contributed by atoms with Crippen LogP contribution in [0.15, 0.2) is 53.4 Å². The second-order valence-electron chi connectivity index (χ2n) is 4.20. The van der Waals surface area contributed by atoms with Gasteiger partial charge in [0.2, 0.25) is 0 Å². The van der Waals surface area contributed by atoms with Gasteiger partial charge in [-0.15, -0.1) is 0 Å². The molecule has 2 rings (SSSR count). The van der Waals surface area contributed by atoms with E-state index in [1.165, 1.54) is 24.3 Å². The summed E-state index contributed by atoms with van der Waals surface area (Å²) in [7, 11) is -3.54. The highest BCUT2D eigenvalue weighted by Crippen LogP contribution is 2.19. The van der Waals surface area contributed by atoms with E-state index < -0.39 is 15.7 Å². The summed E-state index contributed by atoms with van der Waals surface area (Å²) in [4.78, 5) is 0.188. The van der Waals surface area contributed by atoms with Crippen molar-refractivity contribution in [3.8, 4) is 0 Å². The van der Waals surface area contributed by atoms with Crippen molar-refractivity contribution in [1.29, 1.82) is 0 Å². The normalized spacial score (nSPS) is 11.5. The first-order valence-electron chi connectivity index (χ1n) is 5.78. The minimum atomic E-state index is -3.54. The summed E-state index contributed by atoms with van der Waals surface area (Å²) in [6.45, 7) is 0.249. The number of nitrogens with two attached hydrogens (primary N) is 1. The predicted molar refractivity (Wildman–Crippen MR) is 71.6 cm³/mol. The molecule has 0 spiro atoms. The molecule has 2 aromatic carbocycles. The summed E-state index contributed by atoms with van der Waals surface area (Å²) in [6.07, 6.45) is 0. The van der Waals surface area contributed by atoms with Crippen molar-refractivity contribution >= 4 is 9.84 Å². The smallest absolute Gasteiger partial charge is 0.182 e. The zero-order chi connectivity index (χ0) is 13.9. The van der Waals surface area contributed by atoms with Crippen LogP contribution in [0.5, 0.6) is 0 Å². The van der Waals surface area contributed by atoms with Gasteiger partial charge in [0.25, 0.3) is 0 Å². The third-order valence-electron chi connectivity index (χ3n) is 2.79. The summed E-state index contributed by atoms with van der Waals surface area (Å²) in [5.74, 6) is -0.895. The third-order valence-corrected chi connectivity index (χ3v) is 4.48. The Labute approximate surface area is 111 Å². The highest BCUT2D eigenvalue weighted by atomic mass is 32.2. The van der Waals surface area contributed by atoms with Crippen molar-refractivity contribution in [3.05, 3.63) is 65.5 Å². The van der Waals surface area contributed by atoms with Crippen LogP contribution >= 0.6 is 0 Å². The van der Waals surface area contributed by atoms with Gasteiger partial charge in [0.15, 0.2) is 9.84 Å². The quantitative estimate of drug-likeness (QED) is 0.934. The molecular weight excluding hydrogens is 265 g/mol. The van der Waals surface area contributed by atoms with Gasteiger partial charge in [0, 0.05) is 12.1 Å². The SMILES string of the molecule is NCc1ccc(F)c(CS(=O)(=O)c2ccccc2)c1. The van der Waals surface area contributed by atoms with Gasteiger partial charge in [-0.1, -0.05) is 30.3 Å². The third kappa shape index (κ3) is 3.19. The first-order valence-corrected chi connectivity index (χ1v) is 7.43. The molecule has 0 atom stereocenters. The van der Waals surface area contributed by atoms with Gasteiger partial charge >= 0.3 is 0 Å². The minimum absolute atomic E-state index is 0.145. The Balaban J connectivity index is 2.36. The molecule has 2 aromatic rings. The molecule has 0 aliphatic carbocycles. The molecule has 100 valence electrons. The van der Waals surface area contributed by atoms with E-state index in [1.807, 2.05) is 0 Å². The van der Waals surface area contributed by atoms with Gasteiger partial charge in [-0.2, -0.15) is 0 Å². The van der Waals surface area contributed by atoms with Crippen LogP contribution in [0.2, 0.25) is 0 Å². The molecule has 0 amide bonds. The maximum absolute atomic E-state index is 13.6. The molecule has 0 saturated heterocycles. The largest absolute Gasteiger partial charge is 0.326 e. The summed E-state index contributed by atoms with van der Waals surface area (Å²) in [5.41, 5.74) is 6.32. The van der Waals surface area contributed by atoms with E-state index >= 15 is 0 Å². The average Bonchev–Trinajstić information content (AvgIpc) is 2.42. The van der Waals surface area contributed by atoms with E-state index in [-0.39, 0.29) is 22.8 Å². The molecule has 0 aromatic heterocycles. The van der Waals surface area contributed by atoms with Crippen molar-refractivity contribution < 1.29 is 12.8 Å². The van der Waals surface area contributed by atoms with Gasteiger partial charge in [0.05, 0.1) is 10.6 Å². The molecule has 0 fully saturated rings. The molecule has 19 heavy (non-hydrogen) atoms. The Hall–Kier alpha value is -1.72. The fraction of sp³-hybridized carbons (Fsp3) is 0.143. The molecule has 3 nitrogen and oxygen atoms in total. The first-order chi connectivity index (χ1) is 9.03. The molecule has 2 N–H and O–H groups in total. The van der Waals surface area contributed by atoms with Crippen molar-refractivity contribution in [2.24, 2.45) is 5.73 Å². The number of rotatable bonds is 4. The van der Waals surface area contributed by atoms with Gasteiger partial charge in [-0.25, -0.2) is 12.8 Å². The Morgan fingerprint density at radius 2 is 1.74 bits per heavy atom. The molecule has 0 unspecified atom stereocenters. The molecule has 0 aliphatic heterocycles. The van der Waals surface area contributed by atoms with Gasteiger partial charge in [-0.3, -0.25) is 0 Å². The summed E-state index contributed by atoms with van der Waals surface area (Å²) in [6, 6.07) is 12.3. The van der Waals surface area contributed by atoms with Crippen molar-refractivity contribution in [1.82, 2.24) is 0 Å². The highest BCUT2D eigenvalue weighted by molar-refractivity contribution is 7.90. The van der Waals surface area contributed by atoms with E-state index in [0.29, 0.717) is 5.56 Å². The number of sulfone groups is 1. The molecule has 0 bridgehead atoms.